The molecule has 1 aliphatic rings. The van der Waals surface area contributed by atoms with Crippen LogP contribution in [0.5, 0.6) is 0 Å². The van der Waals surface area contributed by atoms with Crippen LogP contribution in [0.1, 0.15) is 41.5 Å². The number of allylic oxidation sites excluding steroid dienone is 3. The van der Waals surface area contributed by atoms with Crippen molar-refractivity contribution in [3.63, 3.8) is 0 Å². The van der Waals surface area contributed by atoms with Gasteiger partial charge in [-0.15, -0.1) is 0 Å². The minimum absolute atomic E-state index is 0.0107. The Morgan fingerprint density at radius 2 is 0.729 bits per heavy atom. The first-order valence-corrected chi connectivity index (χ1v) is 15.4. The van der Waals surface area contributed by atoms with Crippen LogP contribution >= 0.6 is 7.26 Å². The molecule has 0 saturated carbocycles. The second-order valence-electron chi connectivity index (χ2n) is 12.8. The smallest absolute Gasteiger partial charge is 0.251 e. The van der Waals surface area contributed by atoms with Gasteiger partial charge in [0, 0.05) is 0 Å². The molecule has 0 N–H and O–H groups in total. The molecule has 3 aromatic carbocycles. The normalized spacial score (nSPS) is 14.0. The molecule has 0 spiro atoms. The number of hydrogen-bond donors (Lipinski definition) is 0. The fraction of sp³-hybridized carbons (Fsp3) is 0.258. The van der Waals surface area contributed by atoms with E-state index in [1.54, 1.807) is 0 Å². The Morgan fingerprint density at radius 3 is 0.979 bits per heavy atom. The Labute approximate surface area is 263 Å². The largest absolute Gasteiger partial charge is 0.498 e. The summed E-state index contributed by atoms with van der Waals surface area (Å²) in [5.41, 5.74) is -6.72. The molecule has 48 heavy (non-hydrogen) atoms. The first kappa shape index (κ1) is 37.2. The second-order valence-corrected chi connectivity index (χ2v) is 17.8. The van der Waals surface area contributed by atoms with E-state index in [9.17, 15) is 26.3 Å². The van der Waals surface area contributed by atoms with E-state index in [0.717, 1.165) is 0 Å². The summed E-state index contributed by atoms with van der Waals surface area (Å²) in [5.74, 6) is -43.3. The maximum atomic E-state index is 17.4. The maximum Gasteiger partial charge on any atom is 0.251 e. The number of rotatable bonds is 5. The molecule has 0 unspecified atom stereocenters. The van der Waals surface area contributed by atoms with Gasteiger partial charge < -0.3 is 4.32 Å². The first-order chi connectivity index (χ1) is 21.8. The topological polar surface area (TPSA) is 0 Å². The zero-order valence-corrected chi connectivity index (χ0v) is 26.3. The van der Waals surface area contributed by atoms with E-state index in [-0.39, 0.29) is 5.31 Å². The van der Waals surface area contributed by atoms with Gasteiger partial charge in [-0.05, 0) is 59.8 Å². The van der Waals surface area contributed by atoms with Gasteiger partial charge in [0.1, 0.15) is 47.5 Å². The highest BCUT2D eigenvalue weighted by Gasteiger charge is 2.66. The van der Waals surface area contributed by atoms with Crippen LogP contribution in [-0.4, -0.2) is 16.7 Å². The molecule has 0 amide bonds. The summed E-state index contributed by atoms with van der Waals surface area (Å²) in [6, 6.07) is 0. The van der Waals surface area contributed by atoms with Crippen LogP contribution < -0.4 is 21.7 Å². The molecule has 0 bridgehead atoms. The van der Waals surface area contributed by atoms with Gasteiger partial charge in [-0.3, -0.25) is 0 Å². The van der Waals surface area contributed by atoms with Crippen molar-refractivity contribution >= 4 is 35.4 Å². The fourth-order valence-electron chi connectivity index (χ4n) is 6.71. The van der Waals surface area contributed by atoms with E-state index < -0.39 is 127 Å². The molecule has 4 rings (SSSR count). The molecule has 0 nitrogen and oxygen atoms in total. The number of hydrogen-bond acceptors (Lipinski definition) is 0. The summed E-state index contributed by atoms with van der Waals surface area (Å²) in [6.45, 7) is 8.43. The molecule has 0 aromatic heterocycles. The van der Waals surface area contributed by atoms with Crippen molar-refractivity contribution in [2.75, 3.05) is 0 Å². The molecule has 3 aromatic rings. The van der Waals surface area contributed by atoms with E-state index in [4.69, 9.17) is 0 Å². The molecule has 1 aliphatic carbocycles. The summed E-state index contributed by atoms with van der Waals surface area (Å²) >= 11 is 0. The Hall–Kier alpha value is -3.64. The van der Waals surface area contributed by atoms with Gasteiger partial charge in [-0.25, -0.2) is 52.7 Å². The van der Waals surface area contributed by atoms with Crippen molar-refractivity contribution in [2.24, 2.45) is 0 Å². The van der Waals surface area contributed by atoms with E-state index in [2.05, 4.69) is 5.73 Å². The Balaban J connectivity index is 2.39. The SMILES string of the molecule is CC(C)(C)[P+](C1=C=CC=C1)(c1c(F)c(F)c([B-](F)(c2c(F)c(F)c(F)c(F)c2F)c2c(F)c(F)c(F)c(F)c2F)c(F)c1F)C(C)(C)C. The zero-order valence-electron chi connectivity index (χ0n) is 25.4. The fourth-order valence-corrected chi connectivity index (χ4v) is 13.1. The van der Waals surface area contributed by atoms with Crippen LogP contribution in [0.2, 0.25) is 0 Å². The Morgan fingerprint density at radius 1 is 0.458 bits per heavy atom. The van der Waals surface area contributed by atoms with Crippen LogP contribution in [0.15, 0.2) is 29.3 Å². The first-order valence-electron chi connectivity index (χ1n) is 13.6. The van der Waals surface area contributed by atoms with Crippen molar-refractivity contribution in [3.05, 3.63) is 111 Å². The summed E-state index contributed by atoms with van der Waals surface area (Å²) in [7, 11) is -3.99. The van der Waals surface area contributed by atoms with Gasteiger partial charge in [-0.1, -0.05) is 22.1 Å². The molecule has 0 heterocycles. The number of halogens is 15. The van der Waals surface area contributed by atoms with Crippen molar-refractivity contribution in [2.45, 2.75) is 51.9 Å². The summed E-state index contributed by atoms with van der Waals surface area (Å²) in [6.07, 6.45) is -2.98. The average molecular weight is 720 g/mol. The molecule has 258 valence electrons. The van der Waals surface area contributed by atoms with Gasteiger partial charge in [0.15, 0.2) is 40.2 Å². The predicted molar refractivity (Wildman–Crippen MR) is 151 cm³/mol. The standard InChI is InChI=1S/C31H21BF15P/c1-30(2,3)48(31(4,5)6,11-9-7-8-10-11)29-27(45)19(37)14(20(38)28(29)46)32(47,12-15(33)21(39)25(43)22(40)16(12)34)13-17(35)23(41)26(44)24(42)18(13)36/h7-9H,1-6H3. The van der Waals surface area contributed by atoms with Crippen LogP contribution in [0, 0.1) is 81.4 Å². The third-order valence-electron chi connectivity index (χ3n) is 8.25. The molecule has 0 saturated heterocycles. The molecule has 0 atom stereocenters. The van der Waals surface area contributed by atoms with Crippen molar-refractivity contribution in [1.82, 2.24) is 0 Å². The molecule has 0 radical (unpaired) electrons. The van der Waals surface area contributed by atoms with Crippen LogP contribution in [0.4, 0.5) is 65.8 Å². The minimum Gasteiger partial charge on any atom is -0.498 e. The lowest BCUT2D eigenvalue weighted by Gasteiger charge is -2.46. The predicted octanol–water partition coefficient (Wildman–Crippen LogP) is 8.42. The van der Waals surface area contributed by atoms with Crippen molar-refractivity contribution in [1.29, 1.82) is 0 Å². The lowest BCUT2D eigenvalue weighted by molar-refractivity contribution is 0.380. The summed E-state index contributed by atoms with van der Waals surface area (Å²) in [5, 5.41) is -4.20. The third-order valence-corrected chi connectivity index (χ3v) is 14.3. The van der Waals surface area contributed by atoms with Gasteiger partial charge in [0.05, 0.1) is 10.3 Å². The van der Waals surface area contributed by atoms with E-state index in [1.807, 2.05) is 0 Å². The van der Waals surface area contributed by atoms with Crippen LogP contribution in [-0.2, 0) is 0 Å². The third kappa shape index (κ3) is 4.76. The average Bonchev–Trinajstić information content (AvgIpc) is 3.51. The van der Waals surface area contributed by atoms with Gasteiger partial charge >= 0.3 is 0 Å². The lowest BCUT2D eigenvalue weighted by Crippen LogP contribution is -2.70. The minimum atomic E-state index is -6.89. The molecule has 17 heteroatoms. The Kier molecular flexibility index (Phi) is 9.11. The van der Waals surface area contributed by atoms with Gasteiger partial charge in [0.2, 0.25) is 11.6 Å². The van der Waals surface area contributed by atoms with Crippen molar-refractivity contribution < 1.29 is 65.8 Å². The second kappa shape index (κ2) is 11.8. The van der Waals surface area contributed by atoms with Gasteiger partial charge in [-0.2, -0.15) is 8.78 Å². The number of benzene rings is 3. The van der Waals surface area contributed by atoms with E-state index in [0.29, 0.717) is 0 Å². The summed E-state index contributed by atoms with van der Waals surface area (Å²) in [4.78, 5) is 0. The van der Waals surface area contributed by atoms with Crippen molar-refractivity contribution in [3.8, 4) is 0 Å². The molecular weight excluding hydrogens is 699 g/mol. The van der Waals surface area contributed by atoms with Crippen LogP contribution in [0.25, 0.3) is 0 Å². The lowest BCUT2D eigenvalue weighted by atomic mass is 9.30. The Bertz CT molecular complexity index is 1830. The molecule has 0 aliphatic heterocycles. The highest BCUT2D eigenvalue weighted by molar-refractivity contribution is 7.89. The maximum absolute atomic E-state index is 17.4. The van der Waals surface area contributed by atoms with E-state index >= 15 is 39.4 Å². The van der Waals surface area contributed by atoms with Crippen LogP contribution in [0.3, 0.4) is 0 Å². The molecular formula is C31H21BF15P. The monoisotopic (exact) mass is 720 g/mol. The van der Waals surface area contributed by atoms with Gasteiger partial charge in [0.25, 0.3) is 6.42 Å². The highest BCUT2D eigenvalue weighted by Crippen LogP contribution is 2.81. The zero-order chi connectivity index (χ0) is 36.8. The highest BCUT2D eigenvalue weighted by atomic mass is 31.2. The quantitative estimate of drug-likeness (QED) is 0.0621. The summed E-state index contributed by atoms with van der Waals surface area (Å²) < 4.78 is 229. The molecule has 0 fully saturated rings. The van der Waals surface area contributed by atoms with E-state index in [1.165, 1.54) is 59.8 Å².